The Kier molecular flexibility index (Phi) is 4.45. The van der Waals surface area contributed by atoms with Crippen LogP contribution in [0.2, 0.25) is 0 Å². The summed E-state index contributed by atoms with van der Waals surface area (Å²) in [6.45, 7) is 2.97. The standard InChI is InChI=1S/C14H24N2O3/c1-15-6-5-10(8-15)9-16(2)13(17)11-3-4-12(7-11)14(18)19/h10-12H,3-9H2,1-2H3,(H,18,19). The molecule has 2 fully saturated rings. The lowest BCUT2D eigenvalue weighted by Gasteiger charge is -2.24. The first kappa shape index (κ1) is 14.3. The van der Waals surface area contributed by atoms with Crippen LogP contribution in [0.25, 0.3) is 0 Å². The van der Waals surface area contributed by atoms with E-state index in [2.05, 4.69) is 11.9 Å². The van der Waals surface area contributed by atoms with E-state index >= 15 is 0 Å². The van der Waals surface area contributed by atoms with Crippen molar-refractivity contribution in [3.05, 3.63) is 0 Å². The number of rotatable bonds is 4. The molecule has 0 radical (unpaired) electrons. The van der Waals surface area contributed by atoms with Crippen molar-refractivity contribution in [1.82, 2.24) is 9.80 Å². The number of nitrogens with zero attached hydrogens (tertiary/aromatic N) is 2. The molecule has 5 heteroatoms. The molecule has 1 saturated carbocycles. The molecule has 19 heavy (non-hydrogen) atoms. The zero-order valence-corrected chi connectivity index (χ0v) is 11.8. The van der Waals surface area contributed by atoms with Crippen LogP contribution in [-0.2, 0) is 9.59 Å². The summed E-state index contributed by atoms with van der Waals surface area (Å²) in [6.07, 6.45) is 3.04. The second kappa shape index (κ2) is 5.90. The minimum atomic E-state index is -0.754. The van der Waals surface area contributed by atoms with Gasteiger partial charge in [-0.25, -0.2) is 0 Å². The molecule has 0 aromatic heterocycles. The molecule has 2 rings (SSSR count). The zero-order chi connectivity index (χ0) is 14.0. The molecule has 2 aliphatic rings. The van der Waals surface area contributed by atoms with Crippen molar-refractivity contribution in [1.29, 1.82) is 0 Å². The SMILES string of the molecule is CN1CCC(CN(C)C(=O)C2CCC(C(=O)O)C2)C1. The Bertz CT molecular complexity index is 359. The van der Waals surface area contributed by atoms with E-state index in [4.69, 9.17) is 5.11 Å². The van der Waals surface area contributed by atoms with E-state index in [1.807, 2.05) is 11.9 Å². The Morgan fingerprint density at radius 3 is 2.47 bits per heavy atom. The van der Waals surface area contributed by atoms with Gasteiger partial charge in [-0.05, 0) is 45.2 Å². The van der Waals surface area contributed by atoms with Crippen molar-refractivity contribution in [2.75, 3.05) is 33.7 Å². The molecule has 3 atom stereocenters. The van der Waals surface area contributed by atoms with Gasteiger partial charge in [-0.3, -0.25) is 9.59 Å². The van der Waals surface area contributed by atoms with Crippen LogP contribution in [0.15, 0.2) is 0 Å². The molecule has 0 aromatic carbocycles. The highest BCUT2D eigenvalue weighted by molar-refractivity contribution is 5.80. The molecule has 108 valence electrons. The molecular weight excluding hydrogens is 244 g/mol. The Morgan fingerprint density at radius 2 is 1.95 bits per heavy atom. The number of carboxylic acid groups (broad SMARTS) is 1. The highest BCUT2D eigenvalue weighted by Gasteiger charge is 2.35. The maximum Gasteiger partial charge on any atom is 0.306 e. The third-order valence-electron chi connectivity index (χ3n) is 4.53. The predicted octanol–water partition coefficient (Wildman–Crippen LogP) is 0.897. The Labute approximate surface area is 114 Å². The first-order chi connectivity index (χ1) is 8.97. The van der Waals surface area contributed by atoms with Gasteiger partial charge >= 0.3 is 5.97 Å². The number of carbonyl (C=O) groups excluding carboxylic acids is 1. The van der Waals surface area contributed by atoms with Gasteiger partial charge < -0.3 is 14.9 Å². The maximum absolute atomic E-state index is 12.3. The van der Waals surface area contributed by atoms with E-state index in [0.717, 1.165) is 32.5 Å². The molecule has 1 amide bonds. The fourth-order valence-electron chi connectivity index (χ4n) is 3.39. The Hall–Kier alpha value is -1.10. The van der Waals surface area contributed by atoms with Crippen LogP contribution >= 0.6 is 0 Å². The minimum Gasteiger partial charge on any atom is -0.481 e. The van der Waals surface area contributed by atoms with Crippen LogP contribution in [-0.4, -0.2) is 60.5 Å². The van der Waals surface area contributed by atoms with Crippen molar-refractivity contribution in [2.45, 2.75) is 25.7 Å². The molecule has 0 aromatic rings. The highest BCUT2D eigenvalue weighted by atomic mass is 16.4. The first-order valence-electron chi connectivity index (χ1n) is 7.13. The molecule has 1 saturated heterocycles. The lowest BCUT2D eigenvalue weighted by molar-refractivity contribution is -0.141. The van der Waals surface area contributed by atoms with Crippen LogP contribution in [0.1, 0.15) is 25.7 Å². The van der Waals surface area contributed by atoms with Gasteiger partial charge in [0.1, 0.15) is 0 Å². The summed E-state index contributed by atoms with van der Waals surface area (Å²) in [4.78, 5) is 27.3. The number of carboxylic acids is 1. The summed E-state index contributed by atoms with van der Waals surface area (Å²) in [5, 5.41) is 8.98. The zero-order valence-electron chi connectivity index (χ0n) is 11.8. The maximum atomic E-state index is 12.3. The molecule has 0 bridgehead atoms. The third kappa shape index (κ3) is 3.47. The summed E-state index contributed by atoms with van der Waals surface area (Å²) in [6, 6.07) is 0. The van der Waals surface area contributed by atoms with Crippen LogP contribution in [0, 0.1) is 17.8 Å². The van der Waals surface area contributed by atoms with Gasteiger partial charge in [0.15, 0.2) is 0 Å². The fraction of sp³-hybridized carbons (Fsp3) is 0.857. The third-order valence-corrected chi connectivity index (χ3v) is 4.53. The topological polar surface area (TPSA) is 60.9 Å². The number of carbonyl (C=O) groups is 2. The molecule has 0 spiro atoms. The highest BCUT2D eigenvalue weighted by Crippen LogP contribution is 2.32. The molecule has 1 aliphatic heterocycles. The molecule has 5 nitrogen and oxygen atoms in total. The molecule has 1 N–H and O–H groups in total. The van der Waals surface area contributed by atoms with Crippen molar-refractivity contribution in [3.63, 3.8) is 0 Å². The smallest absolute Gasteiger partial charge is 0.306 e. The van der Waals surface area contributed by atoms with Crippen molar-refractivity contribution in [2.24, 2.45) is 17.8 Å². The van der Waals surface area contributed by atoms with Gasteiger partial charge in [-0.15, -0.1) is 0 Å². The summed E-state index contributed by atoms with van der Waals surface area (Å²) >= 11 is 0. The number of aliphatic carboxylic acids is 1. The Morgan fingerprint density at radius 1 is 1.26 bits per heavy atom. The lowest BCUT2D eigenvalue weighted by Crippen LogP contribution is -2.36. The minimum absolute atomic E-state index is 0.0785. The quantitative estimate of drug-likeness (QED) is 0.823. The molecule has 3 unspecified atom stereocenters. The van der Waals surface area contributed by atoms with Gasteiger partial charge in [0, 0.05) is 26.1 Å². The van der Waals surface area contributed by atoms with E-state index < -0.39 is 5.97 Å². The lowest BCUT2D eigenvalue weighted by atomic mass is 10.0. The molecule has 1 heterocycles. The van der Waals surface area contributed by atoms with Crippen LogP contribution in [0.5, 0.6) is 0 Å². The van der Waals surface area contributed by atoms with Crippen molar-refractivity contribution < 1.29 is 14.7 Å². The summed E-state index contributed by atoms with van der Waals surface area (Å²) in [5.74, 6) is -0.450. The summed E-state index contributed by atoms with van der Waals surface area (Å²) in [7, 11) is 3.96. The first-order valence-corrected chi connectivity index (χ1v) is 7.13. The number of hydrogen-bond donors (Lipinski definition) is 1. The van der Waals surface area contributed by atoms with Gasteiger partial charge in [0.25, 0.3) is 0 Å². The van der Waals surface area contributed by atoms with E-state index in [9.17, 15) is 9.59 Å². The largest absolute Gasteiger partial charge is 0.481 e. The van der Waals surface area contributed by atoms with Gasteiger partial charge in [0.2, 0.25) is 5.91 Å². The van der Waals surface area contributed by atoms with Gasteiger partial charge in [0.05, 0.1) is 5.92 Å². The summed E-state index contributed by atoms with van der Waals surface area (Å²) in [5.41, 5.74) is 0. The van der Waals surface area contributed by atoms with E-state index in [1.165, 1.54) is 0 Å². The normalized spacial score (nSPS) is 31.6. The van der Waals surface area contributed by atoms with Crippen molar-refractivity contribution in [3.8, 4) is 0 Å². The van der Waals surface area contributed by atoms with Gasteiger partial charge in [-0.2, -0.15) is 0 Å². The van der Waals surface area contributed by atoms with Crippen molar-refractivity contribution >= 4 is 11.9 Å². The van der Waals surface area contributed by atoms with E-state index in [0.29, 0.717) is 18.8 Å². The number of hydrogen-bond acceptors (Lipinski definition) is 3. The second-order valence-corrected chi connectivity index (χ2v) is 6.18. The fourth-order valence-corrected chi connectivity index (χ4v) is 3.39. The predicted molar refractivity (Wildman–Crippen MR) is 71.7 cm³/mol. The van der Waals surface area contributed by atoms with Crippen LogP contribution in [0.4, 0.5) is 0 Å². The average Bonchev–Trinajstić information content (AvgIpc) is 2.97. The molecule has 1 aliphatic carbocycles. The van der Waals surface area contributed by atoms with Crippen LogP contribution in [0.3, 0.4) is 0 Å². The second-order valence-electron chi connectivity index (χ2n) is 6.18. The number of likely N-dealkylation sites (tertiary alicyclic amines) is 1. The van der Waals surface area contributed by atoms with Gasteiger partial charge in [-0.1, -0.05) is 0 Å². The molecular formula is C14H24N2O3. The average molecular weight is 268 g/mol. The number of amides is 1. The van der Waals surface area contributed by atoms with E-state index in [-0.39, 0.29) is 17.7 Å². The van der Waals surface area contributed by atoms with E-state index in [1.54, 1.807) is 0 Å². The van der Waals surface area contributed by atoms with Crippen LogP contribution < -0.4 is 0 Å². The summed E-state index contributed by atoms with van der Waals surface area (Å²) < 4.78 is 0. The monoisotopic (exact) mass is 268 g/mol. The Balaban J connectivity index is 1.81.